The van der Waals surface area contributed by atoms with Crippen LogP contribution in [0, 0.1) is 0 Å². The molecule has 0 aromatic rings. The summed E-state index contributed by atoms with van der Waals surface area (Å²) in [6.45, 7) is 2.20. The van der Waals surface area contributed by atoms with E-state index in [0.717, 1.165) is 32.4 Å². The van der Waals surface area contributed by atoms with Crippen molar-refractivity contribution in [2.24, 2.45) is 5.73 Å². The van der Waals surface area contributed by atoms with Crippen molar-refractivity contribution in [1.82, 2.24) is 10.4 Å². The van der Waals surface area contributed by atoms with Crippen LogP contribution in [0.1, 0.15) is 19.3 Å². The molecule has 5 nitrogen and oxygen atoms in total. The van der Waals surface area contributed by atoms with Crippen molar-refractivity contribution in [3.63, 3.8) is 0 Å². The quantitative estimate of drug-likeness (QED) is 0.613. The van der Waals surface area contributed by atoms with Gasteiger partial charge in [-0.1, -0.05) is 0 Å². The van der Waals surface area contributed by atoms with E-state index in [1.165, 1.54) is 0 Å². The van der Waals surface area contributed by atoms with Gasteiger partial charge in [-0.25, -0.2) is 5.43 Å². The highest BCUT2D eigenvalue weighted by atomic mass is 16.5. The van der Waals surface area contributed by atoms with Crippen molar-refractivity contribution in [2.45, 2.75) is 31.5 Å². The first-order valence-electron chi connectivity index (χ1n) is 5.21. The largest absolute Gasteiger partial charge is 0.364 e. The summed E-state index contributed by atoms with van der Waals surface area (Å²) in [7, 11) is 0. The standard InChI is InChI=1S/C9H17N3O2/c10-6-7-2-3-8(14-7)9(13)12-5-1-4-11-12/h7-8,11H,1-6,10H2. The van der Waals surface area contributed by atoms with Gasteiger partial charge in [-0.15, -0.1) is 0 Å². The second-order valence-corrected chi connectivity index (χ2v) is 3.81. The molecule has 2 fully saturated rings. The summed E-state index contributed by atoms with van der Waals surface area (Å²) in [4.78, 5) is 11.8. The second-order valence-electron chi connectivity index (χ2n) is 3.81. The van der Waals surface area contributed by atoms with E-state index < -0.39 is 0 Å². The topological polar surface area (TPSA) is 67.6 Å². The average Bonchev–Trinajstić information content (AvgIpc) is 2.88. The van der Waals surface area contributed by atoms with Gasteiger partial charge in [0.2, 0.25) is 0 Å². The Balaban J connectivity index is 1.86. The fourth-order valence-corrected chi connectivity index (χ4v) is 1.95. The summed E-state index contributed by atoms with van der Waals surface area (Å²) >= 11 is 0. The van der Waals surface area contributed by atoms with E-state index in [0.29, 0.717) is 6.54 Å². The first-order chi connectivity index (χ1) is 6.81. The molecule has 80 valence electrons. The smallest absolute Gasteiger partial charge is 0.265 e. The molecule has 2 aliphatic rings. The molecule has 0 aromatic carbocycles. The van der Waals surface area contributed by atoms with Gasteiger partial charge in [0.1, 0.15) is 6.10 Å². The minimum absolute atomic E-state index is 0.0680. The molecular formula is C9H17N3O2. The minimum Gasteiger partial charge on any atom is -0.364 e. The number of hydrazine groups is 1. The average molecular weight is 199 g/mol. The first kappa shape index (κ1) is 9.89. The van der Waals surface area contributed by atoms with Gasteiger partial charge in [0.15, 0.2) is 0 Å². The van der Waals surface area contributed by atoms with Gasteiger partial charge in [-0.05, 0) is 19.3 Å². The Morgan fingerprint density at radius 3 is 3.00 bits per heavy atom. The van der Waals surface area contributed by atoms with Gasteiger partial charge < -0.3 is 10.5 Å². The molecule has 0 bridgehead atoms. The Bertz CT molecular complexity index is 216. The zero-order valence-electron chi connectivity index (χ0n) is 8.24. The van der Waals surface area contributed by atoms with Crippen LogP contribution in [0.5, 0.6) is 0 Å². The molecular weight excluding hydrogens is 182 g/mol. The molecule has 2 saturated heterocycles. The van der Waals surface area contributed by atoms with Gasteiger partial charge in [-0.3, -0.25) is 9.80 Å². The van der Waals surface area contributed by atoms with E-state index in [9.17, 15) is 4.79 Å². The fraction of sp³-hybridized carbons (Fsp3) is 0.889. The summed E-state index contributed by atoms with van der Waals surface area (Å²) in [6, 6.07) is 0. The van der Waals surface area contributed by atoms with E-state index in [-0.39, 0.29) is 18.1 Å². The van der Waals surface area contributed by atoms with Crippen molar-refractivity contribution in [3.8, 4) is 0 Å². The Labute approximate surface area is 83.5 Å². The van der Waals surface area contributed by atoms with Gasteiger partial charge in [0.25, 0.3) is 5.91 Å². The number of nitrogens with zero attached hydrogens (tertiary/aromatic N) is 1. The number of hydrogen-bond donors (Lipinski definition) is 2. The first-order valence-corrected chi connectivity index (χ1v) is 5.21. The predicted octanol–water partition coefficient (Wildman–Crippen LogP) is -0.770. The van der Waals surface area contributed by atoms with Crippen LogP contribution in [0.3, 0.4) is 0 Å². The third-order valence-corrected chi connectivity index (χ3v) is 2.77. The van der Waals surface area contributed by atoms with Crippen molar-refractivity contribution in [2.75, 3.05) is 19.6 Å². The normalized spacial score (nSPS) is 32.5. The molecule has 0 spiro atoms. The van der Waals surface area contributed by atoms with Gasteiger partial charge in [-0.2, -0.15) is 0 Å². The number of nitrogens with one attached hydrogen (secondary N) is 1. The van der Waals surface area contributed by atoms with Gasteiger partial charge in [0, 0.05) is 19.6 Å². The van der Waals surface area contributed by atoms with Gasteiger partial charge in [0.05, 0.1) is 6.10 Å². The Kier molecular flexibility index (Phi) is 3.00. The highest BCUT2D eigenvalue weighted by Gasteiger charge is 2.33. The highest BCUT2D eigenvalue weighted by Crippen LogP contribution is 2.20. The molecule has 2 aliphatic heterocycles. The second kappa shape index (κ2) is 4.25. The molecule has 2 unspecified atom stereocenters. The molecule has 1 amide bonds. The third-order valence-electron chi connectivity index (χ3n) is 2.77. The lowest BCUT2D eigenvalue weighted by atomic mass is 10.2. The molecule has 0 aliphatic carbocycles. The Morgan fingerprint density at radius 1 is 1.57 bits per heavy atom. The maximum Gasteiger partial charge on any atom is 0.265 e. The molecule has 5 heteroatoms. The summed E-state index contributed by atoms with van der Waals surface area (Å²) in [6.07, 6.45) is 2.54. The predicted molar refractivity (Wildman–Crippen MR) is 51.3 cm³/mol. The van der Waals surface area contributed by atoms with Crippen LogP contribution < -0.4 is 11.2 Å². The van der Waals surface area contributed by atoms with E-state index >= 15 is 0 Å². The Hall–Kier alpha value is -0.650. The molecule has 2 atom stereocenters. The number of carbonyl (C=O) groups is 1. The highest BCUT2D eigenvalue weighted by molar-refractivity contribution is 5.81. The van der Waals surface area contributed by atoms with E-state index in [4.69, 9.17) is 10.5 Å². The van der Waals surface area contributed by atoms with E-state index in [1.54, 1.807) is 5.01 Å². The monoisotopic (exact) mass is 199 g/mol. The zero-order chi connectivity index (χ0) is 9.97. The van der Waals surface area contributed by atoms with Crippen molar-refractivity contribution >= 4 is 5.91 Å². The van der Waals surface area contributed by atoms with Crippen LogP contribution in [0.15, 0.2) is 0 Å². The molecule has 14 heavy (non-hydrogen) atoms. The lowest BCUT2D eigenvalue weighted by molar-refractivity contribution is -0.144. The number of amides is 1. The summed E-state index contributed by atoms with van der Waals surface area (Å²) in [5.74, 6) is 0.0680. The molecule has 2 heterocycles. The number of rotatable bonds is 2. The number of carbonyl (C=O) groups excluding carboxylic acids is 1. The molecule has 2 rings (SSSR count). The fourth-order valence-electron chi connectivity index (χ4n) is 1.95. The van der Waals surface area contributed by atoms with Crippen molar-refractivity contribution < 1.29 is 9.53 Å². The summed E-state index contributed by atoms with van der Waals surface area (Å²) in [5, 5.41) is 1.67. The lowest BCUT2D eigenvalue weighted by Crippen LogP contribution is -2.43. The lowest BCUT2D eigenvalue weighted by Gasteiger charge is -2.19. The number of nitrogens with two attached hydrogens (primary N) is 1. The number of ether oxygens (including phenoxy) is 1. The van der Waals surface area contributed by atoms with Crippen LogP contribution in [-0.2, 0) is 9.53 Å². The van der Waals surface area contributed by atoms with Crippen molar-refractivity contribution in [1.29, 1.82) is 0 Å². The molecule has 3 N–H and O–H groups in total. The van der Waals surface area contributed by atoms with Crippen LogP contribution in [0.25, 0.3) is 0 Å². The maximum atomic E-state index is 11.8. The maximum absolute atomic E-state index is 11.8. The molecule has 0 saturated carbocycles. The zero-order valence-corrected chi connectivity index (χ0v) is 8.24. The summed E-state index contributed by atoms with van der Waals surface area (Å²) in [5.41, 5.74) is 8.52. The van der Waals surface area contributed by atoms with Gasteiger partial charge >= 0.3 is 0 Å². The van der Waals surface area contributed by atoms with Crippen molar-refractivity contribution in [3.05, 3.63) is 0 Å². The Morgan fingerprint density at radius 2 is 2.43 bits per heavy atom. The minimum atomic E-state index is -0.269. The van der Waals surface area contributed by atoms with Crippen LogP contribution in [0.2, 0.25) is 0 Å². The van der Waals surface area contributed by atoms with Crippen LogP contribution in [-0.4, -0.2) is 42.8 Å². The van der Waals surface area contributed by atoms with E-state index in [1.807, 2.05) is 0 Å². The molecule has 0 radical (unpaired) electrons. The summed E-state index contributed by atoms with van der Waals surface area (Å²) < 4.78 is 5.53. The number of hydrogen-bond acceptors (Lipinski definition) is 4. The third kappa shape index (κ3) is 1.89. The SMILES string of the molecule is NCC1CCC(C(=O)N2CCCN2)O1. The molecule has 0 aromatic heterocycles. The van der Waals surface area contributed by atoms with Crippen LogP contribution >= 0.6 is 0 Å². The van der Waals surface area contributed by atoms with E-state index in [2.05, 4.69) is 5.43 Å². The van der Waals surface area contributed by atoms with Crippen LogP contribution in [0.4, 0.5) is 0 Å².